The zero-order chi connectivity index (χ0) is 20.2. The second-order valence-corrected chi connectivity index (χ2v) is 10.5. The molecule has 0 amide bonds. The van der Waals surface area contributed by atoms with Crippen molar-refractivity contribution < 1.29 is 4.79 Å². The van der Waals surface area contributed by atoms with E-state index in [1.165, 1.54) is 42.4 Å². The molecule has 0 aliphatic carbocycles. The van der Waals surface area contributed by atoms with Gasteiger partial charge in [0.2, 0.25) is 0 Å². The predicted octanol–water partition coefficient (Wildman–Crippen LogP) is 5.61. The maximum absolute atomic E-state index is 12.6. The Labute approximate surface area is 187 Å². The van der Waals surface area contributed by atoms with E-state index in [1.54, 1.807) is 0 Å². The number of para-hydroxylation sites is 1. The number of thiophene rings is 1. The van der Waals surface area contributed by atoms with Crippen LogP contribution < -0.4 is 0 Å². The Bertz CT molecular complexity index is 966. The first-order chi connectivity index (χ1) is 14.1. The van der Waals surface area contributed by atoms with Gasteiger partial charge >= 0.3 is 0 Å². The van der Waals surface area contributed by atoms with Crippen LogP contribution in [0.5, 0.6) is 0 Å². The number of Topliss-reactive ketones (excluding diaryl/α,β-unsaturated/α-hetero) is 1. The molecule has 152 valence electrons. The largest absolute Gasteiger partial charge is 0.294 e. The lowest BCUT2D eigenvalue weighted by atomic mass is 10.1. The summed E-state index contributed by atoms with van der Waals surface area (Å²) >= 11 is 6.34. The molecule has 5 nitrogen and oxygen atoms in total. The number of likely N-dealkylation sites (tertiary alicyclic amines) is 1. The molecular weight excluding hydrogens is 468 g/mol. The molecule has 0 unspecified atom stereocenters. The van der Waals surface area contributed by atoms with Crippen LogP contribution >= 0.6 is 39.0 Å². The average molecular weight is 491 g/mol. The Morgan fingerprint density at radius 1 is 1.14 bits per heavy atom. The summed E-state index contributed by atoms with van der Waals surface area (Å²) in [6, 6.07) is 14.1. The van der Waals surface area contributed by atoms with E-state index in [1.807, 2.05) is 30.3 Å². The van der Waals surface area contributed by atoms with Crippen molar-refractivity contribution in [3.63, 3.8) is 0 Å². The van der Waals surface area contributed by atoms with Crippen LogP contribution in [0.4, 0.5) is 0 Å². The third-order valence-electron chi connectivity index (χ3n) is 5.17. The molecule has 1 aliphatic rings. The Balaban J connectivity index is 1.60. The fraction of sp³-hybridized carbons (Fsp3) is 0.381. The van der Waals surface area contributed by atoms with Gasteiger partial charge in [-0.05, 0) is 73.1 Å². The van der Waals surface area contributed by atoms with E-state index in [-0.39, 0.29) is 11.8 Å². The zero-order valence-corrected chi connectivity index (χ0v) is 19.5. The van der Waals surface area contributed by atoms with Gasteiger partial charge in [0.1, 0.15) is 0 Å². The van der Waals surface area contributed by atoms with E-state index in [9.17, 15) is 4.79 Å². The summed E-state index contributed by atoms with van der Waals surface area (Å²) in [5, 5.41) is 9.79. The first-order valence-corrected chi connectivity index (χ1v) is 12.4. The molecule has 0 bridgehead atoms. The topological polar surface area (TPSA) is 51.0 Å². The van der Waals surface area contributed by atoms with Gasteiger partial charge in [0.15, 0.2) is 16.8 Å². The maximum Gasteiger partial charge on any atom is 0.196 e. The molecule has 3 heterocycles. The number of benzene rings is 1. The second-order valence-electron chi connectivity index (χ2n) is 7.10. The first kappa shape index (κ1) is 20.8. The van der Waals surface area contributed by atoms with Crippen LogP contribution in [-0.4, -0.2) is 44.3 Å². The number of aromatic nitrogens is 3. The van der Waals surface area contributed by atoms with Gasteiger partial charge in [-0.15, -0.1) is 21.5 Å². The van der Waals surface area contributed by atoms with Crippen molar-refractivity contribution in [2.45, 2.75) is 37.4 Å². The highest BCUT2D eigenvalue weighted by atomic mass is 79.9. The quantitative estimate of drug-likeness (QED) is 0.318. The third kappa shape index (κ3) is 4.82. The molecule has 0 N–H and O–H groups in total. The second kappa shape index (κ2) is 9.55. The fourth-order valence-corrected chi connectivity index (χ4v) is 5.86. The van der Waals surface area contributed by atoms with Crippen molar-refractivity contribution >= 4 is 44.8 Å². The highest BCUT2D eigenvalue weighted by molar-refractivity contribution is 9.11. The smallest absolute Gasteiger partial charge is 0.196 e. The number of thioether (sulfide) groups is 1. The number of halogens is 1. The van der Waals surface area contributed by atoms with E-state index >= 15 is 0 Å². The number of carbonyl (C=O) groups is 1. The molecule has 1 saturated heterocycles. The van der Waals surface area contributed by atoms with Gasteiger partial charge in [0.25, 0.3) is 0 Å². The van der Waals surface area contributed by atoms with Crippen molar-refractivity contribution in [3.05, 3.63) is 57.0 Å². The summed E-state index contributed by atoms with van der Waals surface area (Å²) in [6.45, 7) is 4.39. The van der Waals surface area contributed by atoms with Gasteiger partial charge in [0.05, 0.1) is 20.5 Å². The van der Waals surface area contributed by atoms with Crippen LogP contribution in [0.1, 0.15) is 47.7 Å². The molecule has 0 saturated carbocycles. The van der Waals surface area contributed by atoms with Crippen LogP contribution in [-0.2, 0) is 0 Å². The lowest BCUT2D eigenvalue weighted by molar-refractivity contribution is 0.102. The Hall–Kier alpha value is -1.48. The van der Waals surface area contributed by atoms with Gasteiger partial charge in [-0.2, -0.15) is 0 Å². The van der Waals surface area contributed by atoms with Gasteiger partial charge in [-0.25, -0.2) is 0 Å². The Kier molecular flexibility index (Phi) is 6.85. The highest BCUT2D eigenvalue weighted by Crippen LogP contribution is 2.30. The predicted molar refractivity (Wildman–Crippen MR) is 122 cm³/mol. The lowest BCUT2D eigenvalue weighted by Crippen LogP contribution is -2.33. The molecule has 1 aromatic carbocycles. The minimum absolute atomic E-state index is 0.110. The number of rotatable bonds is 7. The summed E-state index contributed by atoms with van der Waals surface area (Å²) in [5.41, 5.74) is 1.03. The number of hydrogen-bond donors (Lipinski definition) is 0. The molecule has 1 aliphatic heterocycles. The highest BCUT2D eigenvalue weighted by Gasteiger charge is 2.25. The van der Waals surface area contributed by atoms with Gasteiger partial charge in [-0.3, -0.25) is 14.3 Å². The van der Waals surface area contributed by atoms with Crippen LogP contribution in [0.2, 0.25) is 0 Å². The minimum Gasteiger partial charge on any atom is -0.294 e. The Morgan fingerprint density at radius 2 is 1.90 bits per heavy atom. The number of carbonyl (C=O) groups excluding carboxylic acids is 1. The normalized spacial score (nSPS) is 16.1. The van der Waals surface area contributed by atoms with E-state index in [4.69, 9.17) is 0 Å². The van der Waals surface area contributed by atoms with Crippen LogP contribution in [0, 0.1) is 0 Å². The summed E-state index contributed by atoms with van der Waals surface area (Å²) in [7, 11) is 0. The number of nitrogens with zero attached hydrogens (tertiary/aromatic N) is 4. The lowest BCUT2D eigenvalue weighted by Gasteiger charge is -2.31. The van der Waals surface area contributed by atoms with Crippen LogP contribution in [0.3, 0.4) is 0 Å². The minimum atomic E-state index is 0.110. The van der Waals surface area contributed by atoms with Crippen LogP contribution in [0.15, 0.2) is 51.4 Å². The molecular formula is C21H23BrN4OS2. The molecule has 4 rings (SSSR count). The summed E-state index contributed by atoms with van der Waals surface area (Å²) in [6.07, 6.45) is 3.77. The molecule has 8 heteroatoms. The molecule has 0 radical (unpaired) electrons. The Morgan fingerprint density at radius 3 is 2.59 bits per heavy atom. The van der Waals surface area contributed by atoms with Crippen molar-refractivity contribution in [1.29, 1.82) is 0 Å². The molecule has 1 fully saturated rings. The van der Waals surface area contributed by atoms with Gasteiger partial charge in [-0.1, -0.05) is 36.4 Å². The molecule has 1 atom stereocenters. The fourth-order valence-electron chi connectivity index (χ4n) is 3.60. The summed E-state index contributed by atoms with van der Waals surface area (Å²) in [4.78, 5) is 15.8. The van der Waals surface area contributed by atoms with Crippen molar-refractivity contribution in [1.82, 2.24) is 19.7 Å². The summed E-state index contributed by atoms with van der Waals surface area (Å²) in [5.74, 6) is 1.39. The zero-order valence-electron chi connectivity index (χ0n) is 16.3. The third-order valence-corrected chi connectivity index (χ3v) is 7.76. The standard InChI is InChI=1S/C21H23BrN4OS2/c1-15(25-12-6-3-7-13-25)20-23-24-21(26(20)16-8-4-2-5-9-16)28-14-17(27)18-10-11-19(22)29-18/h2,4-5,8-11,15H,3,6-7,12-14H2,1H3/t15-/m1/s1. The average Bonchev–Trinajstić information content (AvgIpc) is 3.39. The maximum atomic E-state index is 12.6. The first-order valence-electron chi connectivity index (χ1n) is 9.79. The van der Waals surface area contributed by atoms with E-state index in [0.29, 0.717) is 5.75 Å². The van der Waals surface area contributed by atoms with Crippen molar-refractivity contribution in [3.8, 4) is 5.69 Å². The number of hydrogen-bond acceptors (Lipinski definition) is 6. The number of ketones is 1. The van der Waals surface area contributed by atoms with E-state index < -0.39 is 0 Å². The molecule has 3 aromatic rings. The van der Waals surface area contributed by atoms with Crippen molar-refractivity contribution in [2.24, 2.45) is 0 Å². The molecule has 0 spiro atoms. The van der Waals surface area contributed by atoms with Crippen molar-refractivity contribution in [2.75, 3.05) is 18.8 Å². The van der Waals surface area contributed by atoms with Gasteiger partial charge < -0.3 is 0 Å². The molecule has 29 heavy (non-hydrogen) atoms. The van der Waals surface area contributed by atoms with Gasteiger partial charge in [0, 0.05) is 5.69 Å². The van der Waals surface area contributed by atoms with E-state index in [2.05, 4.69) is 54.7 Å². The van der Waals surface area contributed by atoms with Crippen LogP contribution in [0.25, 0.3) is 5.69 Å². The SMILES string of the molecule is C[C@H](c1nnc(SCC(=O)c2ccc(Br)s2)n1-c1ccccc1)N1CCCCC1. The summed E-state index contributed by atoms with van der Waals surface area (Å²) < 4.78 is 3.08. The monoisotopic (exact) mass is 490 g/mol. The number of piperidine rings is 1. The van der Waals surface area contributed by atoms with E-state index in [0.717, 1.165) is 38.4 Å². The molecule has 2 aromatic heterocycles.